The van der Waals surface area contributed by atoms with Gasteiger partial charge in [0, 0.05) is 16.6 Å². The van der Waals surface area contributed by atoms with Crippen molar-refractivity contribution in [3.63, 3.8) is 0 Å². The van der Waals surface area contributed by atoms with Crippen molar-refractivity contribution in [3.05, 3.63) is 35.2 Å². The van der Waals surface area contributed by atoms with Gasteiger partial charge >= 0.3 is 6.09 Å². The van der Waals surface area contributed by atoms with E-state index in [-0.39, 0.29) is 0 Å². The number of aldehydes is 1. The molecule has 0 N–H and O–H groups in total. The Kier molecular flexibility index (Phi) is 4.29. The molecule has 2 aromatic rings. The second-order valence-electron chi connectivity index (χ2n) is 6.45. The van der Waals surface area contributed by atoms with Gasteiger partial charge in [0.2, 0.25) is 0 Å². The van der Waals surface area contributed by atoms with E-state index in [0.29, 0.717) is 0 Å². The number of likely N-dealkylation sites (N-methyl/N-ethyl adjacent to an activating group) is 1. The summed E-state index contributed by atoms with van der Waals surface area (Å²) in [6.07, 6.45) is 0.279. The average molecular weight is 319 g/mol. The third-order valence-corrected chi connectivity index (χ3v) is 4.86. The van der Waals surface area contributed by atoms with Crippen molar-refractivity contribution in [1.82, 2.24) is 4.90 Å². The molecule has 118 valence electrons. The molecule has 5 heteroatoms. The summed E-state index contributed by atoms with van der Waals surface area (Å²) in [5.74, 6) is 0. The minimum atomic E-state index is -1.05. The van der Waals surface area contributed by atoms with Gasteiger partial charge in [-0.3, -0.25) is 4.90 Å². The summed E-state index contributed by atoms with van der Waals surface area (Å²) < 4.78 is 6.46. The monoisotopic (exact) mass is 319 g/mol. The van der Waals surface area contributed by atoms with Crippen LogP contribution in [0.3, 0.4) is 0 Å². The van der Waals surface area contributed by atoms with Crippen molar-refractivity contribution in [2.75, 3.05) is 7.05 Å². The van der Waals surface area contributed by atoms with E-state index < -0.39 is 17.2 Å². The second-order valence-corrected chi connectivity index (χ2v) is 7.54. The first-order valence-electron chi connectivity index (χ1n) is 7.09. The van der Waals surface area contributed by atoms with E-state index >= 15 is 0 Å². The summed E-state index contributed by atoms with van der Waals surface area (Å²) in [4.78, 5) is 26.2. The van der Waals surface area contributed by atoms with Crippen molar-refractivity contribution in [3.8, 4) is 0 Å². The largest absolute Gasteiger partial charge is 0.444 e. The molecule has 0 spiro atoms. The van der Waals surface area contributed by atoms with Crippen LogP contribution >= 0.6 is 11.3 Å². The Morgan fingerprint density at radius 3 is 2.41 bits per heavy atom. The highest BCUT2D eigenvalue weighted by molar-refractivity contribution is 7.19. The smallest absolute Gasteiger partial charge is 0.411 e. The molecule has 1 aromatic carbocycles. The van der Waals surface area contributed by atoms with Crippen molar-refractivity contribution in [1.29, 1.82) is 0 Å². The lowest BCUT2D eigenvalue weighted by atomic mass is 10.00. The summed E-state index contributed by atoms with van der Waals surface area (Å²) in [6, 6.07) is 9.86. The molecule has 0 aliphatic carbocycles. The predicted molar refractivity (Wildman–Crippen MR) is 89.2 cm³/mol. The van der Waals surface area contributed by atoms with Crippen molar-refractivity contribution in [2.45, 2.75) is 38.8 Å². The minimum Gasteiger partial charge on any atom is -0.444 e. The van der Waals surface area contributed by atoms with Gasteiger partial charge in [-0.2, -0.15) is 0 Å². The van der Waals surface area contributed by atoms with Crippen LogP contribution in [0.5, 0.6) is 0 Å². The standard InChI is InChI=1S/C17H21NO3S/c1-16(2,3)21-15(20)18(5)17(4,11-19)14-10-12-8-6-7-9-13(12)22-14/h6-11H,1-5H3. The molecule has 4 nitrogen and oxygen atoms in total. The molecule has 1 aromatic heterocycles. The topological polar surface area (TPSA) is 46.6 Å². The fraction of sp³-hybridized carbons (Fsp3) is 0.412. The average Bonchev–Trinajstić information content (AvgIpc) is 2.88. The molecule has 1 unspecified atom stereocenters. The van der Waals surface area contributed by atoms with Gasteiger partial charge in [-0.05, 0) is 45.2 Å². The number of rotatable bonds is 3. The van der Waals surface area contributed by atoms with E-state index in [1.807, 2.05) is 30.3 Å². The molecule has 22 heavy (non-hydrogen) atoms. The van der Waals surface area contributed by atoms with E-state index in [1.54, 1.807) is 34.7 Å². The van der Waals surface area contributed by atoms with Gasteiger partial charge in [-0.1, -0.05) is 18.2 Å². The zero-order valence-corrected chi connectivity index (χ0v) is 14.4. The van der Waals surface area contributed by atoms with Gasteiger partial charge < -0.3 is 9.53 Å². The molecule has 2 rings (SSSR count). The van der Waals surface area contributed by atoms with Crippen molar-refractivity contribution < 1.29 is 14.3 Å². The van der Waals surface area contributed by atoms with Gasteiger partial charge in [0.25, 0.3) is 0 Å². The van der Waals surface area contributed by atoms with Gasteiger partial charge in [0.15, 0.2) is 6.29 Å². The molecule has 1 heterocycles. The highest BCUT2D eigenvalue weighted by atomic mass is 32.1. The van der Waals surface area contributed by atoms with E-state index in [0.717, 1.165) is 21.2 Å². The van der Waals surface area contributed by atoms with Gasteiger partial charge in [-0.15, -0.1) is 11.3 Å². The van der Waals surface area contributed by atoms with Crippen molar-refractivity contribution >= 4 is 33.8 Å². The highest BCUT2D eigenvalue weighted by Crippen LogP contribution is 2.35. The molecule has 0 aliphatic rings. The Bertz CT molecular complexity index is 668. The van der Waals surface area contributed by atoms with Crippen LogP contribution in [-0.2, 0) is 15.1 Å². The summed E-state index contributed by atoms with van der Waals surface area (Å²) in [6.45, 7) is 7.14. The summed E-state index contributed by atoms with van der Waals surface area (Å²) in [5.41, 5.74) is -1.65. The molecular formula is C17H21NO3S. The lowest BCUT2D eigenvalue weighted by molar-refractivity contribution is -0.117. The molecule has 1 atom stereocenters. The number of hydrogen-bond acceptors (Lipinski definition) is 4. The molecule has 1 amide bonds. The minimum absolute atomic E-state index is 0.514. The Balaban J connectivity index is 2.38. The van der Waals surface area contributed by atoms with E-state index in [1.165, 1.54) is 16.2 Å². The first-order chi connectivity index (χ1) is 10.2. The second kappa shape index (κ2) is 5.72. The van der Waals surface area contributed by atoms with E-state index in [2.05, 4.69) is 0 Å². The molecule has 0 bridgehead atoms. The molecule has 0 radical (unpaired) electrons. The van der Waals surface area contributed by atoms with Crippen LogP contribution in [0.4, 0.5) is 4.79 Å². The Hall–Kier alpha value is -1.88. The number of fused-ring (bicyclic) bond motifs is 1. The maximum absolute atomic E-state index is 12.3. The van der Waals surface area contributed by atoms with Crippen LogP contribution in [0.2, 0.25) is 0 Å². The maximum atomic E-state index is 12.3. The summed E-state index contributed by atoms with van der Waals surface area (Å²) in [7, 11) is 1.59. The Labute approximate surface area is 134 Å². The van der Waals surface area contributed by atoms with Crippen LogP contribution in [0.1, 0.15) is 32.6 Å². The van der Waals surface area contributed by atoms with Crippen LogP contribution in [0.25, 0.3) is 10.1 Å². The molecular weight excluding hydrogens is 298 g/mol. The lowest BCUT2D eigenvalue weighted by Crippen LogP contribution is -2.47. The number of benzene rings is 1. The Morgan fingerprint density at radius 1 is 1.23 bits per heavy atom. The first kappa shape index (κ1) is 16.5. The first-order valence-corrected chi connectivity index (χ1v) is 7.91. The number of amides is 1. The zero-order chi connectivity index (χ0) is 16.5. The van der Waals surface area contributed by atoms with Crippen LogP contribution in [0, 0.1) is 0 Å². The van der Waals surface area contributed by atoms with Crippen LogP contribution in [-0.4, -0.2) is 29.9 Å². The van der Waals surface area contributed by atoms with Gasteiger partial charge in [0.1, 0.15) is 11.1 Å². The quantitative estimate of drug-likeness (QED) is 0.797. The molecule has 0 saturated heterocycles. The van der Waals surface area contributed by atoms with Gasteiger partial charge in [-0.25, -0.2) is 4.79 Å². The lowest BCUT2D eigenvalue weighted by Gasteiger charge is -2.34. The number of ether oxygens (including phenoxy) is 1. The number of hydrogen-bond donors (Lipinski definition) is 0. The summed E-state index contributed by atoms with van der Waals surface area (Å²) in [5, 5.41) is 1.06. The molecule has 0 aliphatic heterocycles. The van der Waals surface area contributed by atoms with Crippen molar-refractivity contribution in [2.24, 2.45) is 0 Å². The Morgan fingerprint density at radius 2 is 1.86 bits per heavy atom. The third kappa shape index (κ3) is 3.14. The SMILES string of the molecule is CN(C(=O)OC(C)(C)C)C(C)(C=O)c1cc2ccccc2s1. The predicted octanol–water partition coefficient (Wildman–Crippen LogP) is 4.18. The van der Waals surface area contributed by atoms with E-state index in [4.69, 9.17) is 4.74 Å². The fourth-order valence-electron chi connectivity index (χ4n) is 2.05. The highest BCUT2D eigenvalue weighted by Gasteiger charge is 2.38. The van der Waals surface area contributed by atoms with Crippen LogP contribution in [0.15, 0.2) is 30.3 Å². The normalized spacial score (nSPS) is 14.4. The molecule has 0 saturated carbocycles. The summed E-state index contributed by atoms with van der Waals surface area (Å²) >= 11 is 1.51. The zero-order valence-electron chi connectivity index (χ0n) is 13.5. The number of thiophene rings is 1. The van der Waals surface area contributed by atoms with Crippen LogP contribution < -0.4 is 0 Å². The number of carbonyl (C=O) groups excluding carboxylic acids is 2. The molecule has 0 fully saturated rings. The maximum Gasteiger partial charge on any atom is 0.411 e. The fourth-order valence-corrected chi connectivity index (χ4v) is 3.26. The third-order valence-electron chi connectivity index (χ3n) is 3.52. The van der Waals surface area contributed by atoms with E-state index in [9.17, 15) is 9.59 Å². The number of carbonyl (C=O) groups is 2. The van der Waals surface area contributed by atoms with Gasteiger partial charge in [0.05, 0.1) is 0 Å². The number of nitrogens with zero attached hydrogens (tertiary/aromatic N) is 1.